The molecule has 4 nitrogen and oxygen atoms in total. The van der Waals surface area contributed by atoms with Gasteiger partial charge in [0.2, 0.25) is 0 Å². The fourth-order valence-electron chi connectivity index (χ4n) is 2.31. The molecule has 5 heteroatoms. The van der Waals surface area contributed by atoms with Gasteiger partial charge in [-0.15, -0.1) is 11.3 Å². The number of furan rings is 1. The Morgan fingerprint density at radius 3 is 2.75 bits per heavy atom. The number of ether oxygens (including phenoxy) is 1. The maximum Gasteiger partial charge on any atom is 0.135 e. The Morgan fingerprint density at radius 1 is 1.33 bits per heavy atom. The summed E-state index contributed by atoms with van der Waals surface area (Å²) in [7, 11) is 0. The van der Waals surface area contributed by atoms with Crippen molar-refractivity contribution in [3.63, 3.8) is 0 Å². The van der Waals surface area contributed by atoms with Crippen LogP contribution in [-0.2, 0) is 0 Å². The lowest BCUT2D eigenvalue weighted by atomic mass is 10.1. The van der Waals surface area contributed by atoms with Gasteiger partial charge in [-0.25, -0.2) is 4.98 Å². The van der Waals surface area contributed by atoms with E-state index in [1.54, 1.807) is 18.4 Å². The van der Waals surface area contributed by atoms with Gasteiger partial charge in [0.25, 0.3) is 0 Å². The highest BCUT2D eigenvalue weighted by Gasteiger charge is 2.13. The maximum atomic E-state index is 9.43. The molecule has 120 valence electrons. The molecule has 3 aromatic rings. The van der Waals surface area contributed by atoms with E-state index in [1.165, 1.54) is 11.3 Å². The molecule has 1 aromatic carbocycles. The van der Waals surface area contributed by atoms with Crippen LogP contribution in [0.5, 0.6) is 5.75 Å². The molecule has 0 aliphatic heterocycles. The number of hydrogen-bond acceptors (Lipinski definition) is 5. The average molecular weight is 336 g/mol. The zero-order valence-corrected chi connectivity index (χ0v) is 14.3. The van der Waals surface area contributed by atoms with Crippen LogP contribution in [0.4, 0.5) is 0 Å². The molecule has 0 aliphatic carbocycles. The summed E-state index contributed by atoms with van der Waals surface area (Å²) in [5.41, 5.74) is 2.39. The van der Waals surface area contributed by atoms with Gasteiger partial charge in [-0.1, -0.05) is 0 Å². The second-order valence-electron chi connectivity index (χ2n) is 5.07. The lowest BCUT2D eigenvalue weighted by Crippen LogP contribution is -1.91. The summed E-state index contributed by atoms with van der Waals surface area (Å²) in [5.74, 6) is 1.48. The number of allylic oxidation sites excluding steroid dienone is 1. The summed E-state index contributed by atoms with van der Waals surface area (Å²) >= 11 is 1.50. The van der Waals surface area contributed by atoms with Gasteiger partial charge in [0.05, 0.1) is 24.1 Å². The van der Waals surface area contributed by atoms with Gasteiger partial charge in [-0.3, -0.25) is 0 Å². The summed E-state index contributed by atoms with van der Waals surface area (Å²) in [4.78, 5) is 5.72. The van der Waals surface area contributed by atoms with Gasteiger partial charge in [-0.2, -0.15) is 5.26 Å². The number of benzene rings is 1. The number of thiazole rings is 1. The second kappa shape index (κ2) is 7.16. The van der Waals surface area contributed by atoms with Gasteiger partial charge >= 0.3 is 0 Å². The zero-order chi connectivity index (χ0) is 16.9. The Bertz CT molecular complexity index is 885. The first-order valence-electron chi connectivity index (χ1n) is 7.57. The summed E-state index contributed by atoms with van der Waals surface area (Å²) in [5, 5.41) is 10.1. The van der Waals surface area contributed by atoms with Crippen molar-refractivity contribution in [3.05, 3.63) is 58.3 Å². The molecule has 0 radical (unpaired) electrons. The van der Waals surface area contributed by atoms with E-state index in [1.807, 2.05) is 44.2 Å². The molecule has 0 spiro atoms. The fraction of sp³-hybridized carbons (Fsp3) is 0.158. The minimum atomic E-state index is 0.496. The van der Waals surface area contributed by atoms with E-state index in [4.69, 9.17) is 9.15 Å². The molecule has 0 unspecified atom stereocenters. The normalized spacial score (nSPS) is 11.3. The quantitative estimate of drug-likeness (QED) is 0.603. The molecule has 0 bridgehead atoms. The number of rotatable bonds is 5. The maximum absolute atomic E-state index is 9.43. The van der Waals surface area contributed by atoms with Crippen molar-refractivity contribution in [1.82, 2.24) is 4.98 Å². The first kappa shape index (κ1) is 16.0. The molecule has 0 saturated carbocycles. The van der Waals surface area contributed by atoms with E-state index in [-0.39, 0.29) is 0 Å². The van der Waals surface area contributed by atoms with Crippen LogP contribution >= 0.6 is 11.3 Å². The highest BCUT2D eigenvalue weighted by Crippen LogP contribution is 2.32. The van der Waals surface area contributed by atoms with Gasteiger partial charge in [0.1, 0.15) is 22.6 Å². The van der Waals surface area contributed by atoms with Crippen LogP contribution in [0.15, 0.2) is 47.1 Å². The van der Waals surface area contributed by atoms with Crippen LogP contribution in [0, 0.1) is 18.3 Å². The van der Waals surface area contributed by atoms with E-state index in [9.17, 15) is 5.26 Å². The third kappa shape index (κ3) is 3.39. The third-order valence-electron chi connectivity index (χ3n) is 3.42. The van der Waals surface area contributed by atoms with Crippen molar-refractivity contribution < 1.29 is 9.15 Å². The van der Waals surface area contributed by atoms with Crippen molar-refractivity contribution in [2.24, 2.45) is 0 Å². The zero-order valence-electron chi connectivity index (χ0n) is 13.4. The van der Waals surface area contributed by atoms with Crippen molar-refractivity contribution >= 4 is 23.0 Å². The minimum Gasteiger partial charge on any atom is -0.494 e. The van der Waals surface area contributed by atoms with Crippen LogP contribution in [-0.4, -0.2) is 11.6 Å². The summed E-state index contributed by atoms with van der Waals surface area (Å²) in [6, 6.07) is 13.6. The van der Waals surface area contributed by atoms with Crippen molar-refractivity contribution in [2.45, 2.75) is 13.8 Å². The average Bonchev–Trinajstić information content (AvgIpc) is 3.23. The van der Waals surface area contributed by atoms with Crippen LogP contribution < -0.4 is 4.74 Å². The number of nitrogens with zero attached hydrogens (tertiary/aromatic N) is 2. The summed E-state index contributed by atoms with van der Waals surface area (Å²) in [6.45, 7) is 4.61. The lowest BCUT2D eigenvalue weighted by molar-refractivity contribution is 0.340. The predicted molar refractivity (Wildman–Crippen MR) is 95.6 cm³/mol. The Labute approximate surface area is 144 Å². The number of nitriles is 1. The minimum absolute atomic E-state index is 0.496. The molecule has 0 N–H and O–H groups in total. The van der Waals surface area contributed by atoms with Gasteiger partial charge in [-0.05, 0) is 50.2 Å². The van der Waals surface area contributed by atoms with Crippen molar-refractivity contribution in [2.75, 3.05) is 6.61 Å². The van der Waals surface area contributed by atoms with Gasteiger partial charge in [0, 0.05) is 16.5 Å². The molecule has 2 heterocycles. The standard InChI is InChI=1S/C19H16N2O2S/c1-3-22-16-8-6-14(7-9-16)18-13(2)24-19(21-18)15(12-20)11-17-5-4-10-23-17/h4-11H,3H2,1-2H3/b15-11+. The Hall–Kier alpha value is -2.84. The molecule has 0 saturated heterocycles. The molecule has 24 heavy (non-hydrogen) atoms. The van der Waals surface area contributed by atoms with E-state index in [0.717, 1.165) is 21.9 Å². The Balaban J connectivity index is 1.93. The second-order valence-corrected chi connectivity index (χ2v) is 6.27. The molecule has 0 aliphatic rings. The third-order valence-corrected chi connectivity index (χ3v) is 4.42. The first-order valence-corrected chi connectivity index (χ1v) is 8.39. The van der Waals surface area contributed by atoms with E-state index >= 15 is 0 Å². The van der Waals surface area contributed by atoms with E-state index in [2.05, 4.69) is 11.1 Å². The Kier molecular flexibility index (Phi) is 4.78. The SMILES string of the molecule is CCOc1ccc(-c2nc(/C(C#N)=C/c3ccco3)sc2C)cc1. The van der Waals surface area contributed by atoms with Crippen LogP contribution in [0.2, 0.25) is 0 Å². The van der Waals surface area contributed by atoms with Crippen LogP contribution in [0.25, 0.3) is 22.9 Å². The molecule has 0 amide bonds. The molecular formula is C19H16N2O2S. The van der Waals surface area contributed by atoms with Crippen LogP contribution in [0.3, 0.4) is 0 Å². The largest absolute Gasteiger partial charge is 0.494 e. The lowest BCUT2D eigenvalue weighted by Gasteiger charge is -2.03. The topological polar surface area (TPSA) is 59.0 Å². The summed E-state index contributed by atoms with van der Waals surface area (Å²) in [6.07, 6.45) is 3.29. The van der Waals surface area contributed by atoms with E-state index in [0.29, 0.717) is 22.9 Å². The molecule has 0 atom stereocenters. The van der Waals surface area contributed by atoms with Crippen molar-refractivity contribution in [1.29, 1.82) is 5.26 Å². The van der Waals surface area contributed by atoms with Crippen LogP contribution in [0.1, 0.15) is 22.6 Å². The first-order chi connectivity index (χ1) is 11.7. The van der Waals surface area contributed by atoms with E-state index < -0.39 is 0 Å². The molecule has 2 aromatic heterocycles. The van der Waals surface area contributed by atoms with Gasteiger partial charge in [0.15, 0.2) is 0 Å². The Morgan fingerprint density at radius 2 is 2.12 bits per heavy atom. The highest BCUT2D eigenvalue weighted by atomic mass is 32.1. The fourth-order valence-corrected chi connectivity index (χ4v) is 3.21. The smallest absolute Gasteiger partial charge is 0.135 e. The molecule has 0 fully saturated rings. The van der Waals surface area contributed by atoms with Gasteiger partial charge < -0.3 is 9.15 Å². The molecule has 3 rings (SSSR count). The number of aryl methyl sites for hydroxylation is 1. The number of hydrogen-bond donors (Lipinski definition) is 0. The number of aromatic nitrogens is 1. The summed E-state index contributed by atoms with van der Waals surface area (Å²) < 4.78 is 10.7. The monoisotopic (exact) mass is 336 g/mol. The van der Waals surface area contributed by atoms with Crippen molar-refractivity contribution in [3.8, 4) is 23.1 Å². The predicted octanol–water partition coefficient (Wildman–Crippen LogP) is 5.17. The highest BCUT2D eigenvalue weighted by molar-refractivity contribution is 7.13. The molecular weight excluding hydrogens is 320 g/mol.